The number of hydrogen-bond donors (Lipinski definition) is 2. The lowest BCUT2D eigenvalue weighted by molar-refractivity contribution is 0.0792. The molecule has 0 amide bonds. The lowest BCUT2D eigenvalue weighted by Gasteiger charge is -2.37. The van der Waals surface area contributed by atoms with Gasteiger partial charge in [-0.25, -0.2) is 0 Å². The molecule has 2 aromatic rings. The van der Waals surface area contributed by atoms with Gasteiger partial charge in [-0.2, -0.15) is 0 Å². The molecule has 2 fully saturated rings. The van der Waals surface area contributed by atoms with Crippen molar-refractivity contribution in [3.8, 4) is 0 Å². The summed E-state index contributed by atoms with van der Waals surface area (Å²) in [4.78, 5) is 11.7. The zero-order valence-electron chi connectivity index (χ0n) is 18.6. The number of para-hydroxylation sites is 1. The van der Waals surface area contributed by atoms with Crippen LogP contribution in [0.15, 0.2) is 59.6 Å². The summed E-state index contributed by atoms with van der Waals surface area (Å²) in [6, 6.07) is 19.5. The zero-order chi connectivity index (χ0) is 21.5. The molecule has 0 unspecified atom stereocenters. The molecule has 0 bridgehead atoms. The second kappa shape index (κ2) is 10.6. The molecule has 4 rings (SSSR count). The molecule has 2 aromatic carbocycles. The molecule has 166 valence electrons. The van der Waals surface area contributed by atoms with E-state index in [1.165, 1.54) is 16.8 Å². The highest BCUT2D eigenvalue weighted by Crippen LogP contribution is 2.16. The maximum absolute atomic E-state index is 9.66. The first kappa shape index (κ1) is 21.7. The maximum Gasteiger partial charge on any atom is 0.194 e. The van der Waals surface area contributed by atoms with Crippen LogP contribution in [0.2, 0.25) is 0 Å². The summed E-state index contributed by atoms with van der Waals surface area (Å²) in [5, 5.41) is 13.2. The lowest BCUT2D eigenvalue weighted by Crippen LogP contribution is -2.52. The summed E-state index contributed by atoms with van der Waals surface area (Å²) in [6.45, 7) is 7.67. The Morgan fingerprint density at radius 3 is 2.19 bits per heavy atom. The molecule has 2 aliphatic rings. The predicted octanol–water partition coefficient (Wildman–Crippen LogP) is 2.54. The number of nitrogens with zero attached hydrogens (tertiary/aromatic N) is 4. The van der Waals surface area contributed by atoms with Crippen LogP contribution in [0, 0.1) is 0 Å². The molecule has 31 heavy (non-hydrogen) atoms. The van der Waals surface area contributed by atoms with E-state index < -0.39 is 0 Å². The fourth-order valence-electron chi connectivity index (χ4n) is 4.43. The normalized spacial score (nSPS) is 19.0. The summed E-state index contributed by atoms with van der Waals surface area (Å²) in [7, 11) is 1.87. The van der Waals surface area contributed by atoms with E-state index in [2.05, 4.69) is 79.6 Å². The number of likely N-dealkylation sites (tertiary alicyclic amines) is 1. The monoisotopic (exact) mass is 421 g/mol. The van der Waals surface area contributed by atoms with Crippen molar-refractivity contribution in [1.82, 2.24) is 15.1 Å². The van der Waals surface area contributed by atoms with E-state index in [0.717, 1.165) is 71.2 Å². The molecule has 2 aliphatic heterocycles. The summed E-state index contributed by atoms with van der Waals surface area (Å²) in [5.74, 6) is 0.976. The van der Waals surface area contributed by atoms with Crippen LogP contribution in [0.25, 0.3) is 0 Å². The van der Waals surface area contributed by atoms with Crippen molar-refractivity contribution in [3.05, 3.63) is 65.7 Å². The van der Waals surface area contributed by atoms with Crippen LogP contribution in [0.4, 0.5) is 5.69 Å². The van der Waals surface area contributed by atoms with Crippen LogP contribution in [0.5, 0.6) is 0 Å². The van der Waals surface area contributed by atoms with Gasteiger partial charge in [0, 0.05) is 65.1 Å². The van der Waals surface area contributed by atoms with Gasteiger partial charge in [0.25, 0.3) is 0 Å². The molecule has 0 atom stereocenters. The Hall–Kier alpha value is -2.57. The average Bonchev–Trinajstić information content (AvgIpc) is 2.83. The second-order valence-corrected chi connectivity index (χ2v) is 8.53. The maximum atomic E-state index is 9.66. The van der Waals surface area contributed by atoms with E-state index in [-0.39, 0.29) is 6.10 Å². The summed E-state index contributed by atoms with van der Waals surface area (Å²) in [5.41, 5.74) is 3.90. The fraction of sp³-hybridized carbons (Fsp3) is 0.480. The third kappa shape index (κ3) is 5.99. The van der Waals surface area contributed by atoms with Gasteiger partial charge in [0.2, 0.25) is 0 Å². The molecule has 0 aromatic heterocycles. The van der Waals surface area contributed by atoms with Crippen molar-refractivity contribution in [2.45, 2.75) is 32.0 Å². The summed E-state index contributed by atoms with van der Waals surface area (Å²) < 4.78 is 0. The van der Waals surface area contributed by atoms with Gasteiger partial charge in [-0.15, -0.1) is 0 Å². The Labute approximate surface area is 186 Å². The van der Waals surface area contributed by atoms with E-state index in [9.17, 15) is 5.11 Å². The van der Waals surface area contributed by atoms with E-state index in [1.807, 2.05) is 7.05 Å². The zero-order valence-corrected chi connectivity index (χ0v) is 18.6. The highest BCUT2D eigenvalue weighted by molar-refractivity contribution is 5.80. The van der Waals surface area contributed by atoms with Crippen LogP contribution < -0.4 is 10.2 Å². The van der Waals surface area contributed by atoms with Crippen molar-refractivity contribution < 1.29 is 5.11 Å². The standard InChI is InChI=1S/C25H35N5O/c1-26-25(30-17-15-29(16-18-30)23-5-3-2-4-6-23)27-19-21-7-9-22(10-8-21)20-28-13-11-24(31)12-14-28/h2-10,24,31H,11-20H2,1H3,(H,26,27). The van der Waals surface area contributed by atoms with Crippen LogP contribution in [0.1, 0.15) is 24.0 Å². The summed E-state index contributed by atoms with van der Waals surface area (Å²) in [6.07, 6.45) is 1.67. The Morgan fingerprint density at radius 2 is 1.55 bits per heavy atom. The predicted molar refractivity (Wildman–Crippen MR) is 127 cm³/mol. The number of aliphatic imine (C=N–C) groups is 1. The lowest BCUT2D eigenvalue weighted by atomic mass is 10.1. The third-order valence-corrected chi connectivity index (χ3v) is 6.35. The van der Waals surface area contributed by atoms with Crippen LogP contribution >= 0.6 is 0 Å². The number of guanidine groups is 1. The molecular formula is C25H35N5O. The van der Waals surface area contributed by atoms with Gasteiger partial charge in [-0.05, 0) is 36.1 Å². The number of hydrogen-bond acceptors (Lipinski definition) is 4. The minimum atomic E-state index is -0.111. The number of piperazine rings is 1. The molecule has 2 heterocycles. The van der Waals surface area contributed by atoms with Crippen LogP contribution in [-0.2, 0) is 13.1 Å². The van der Waals surface area contributed by atoms with Crippen molar-refractivity contribution >= 4 is 11.6 Å². The van der Waals surface area contributed by atoms with Crippen molar-refractivity contribution in [3.63, 3.8) is 0 Å². The number of piperidine rings is 1. The number of benzene rings is 2. The molecule has 0 aliphatic carbocycles. The first-order valence-corrected chi connectivity index (χ1v) is 11.4. The van der Waals surface area contributed by atoms with Gasteiger partial charge in [0.05, 0.1) is 6.10 Å². The summed E-state index contributed by atoms with van der Waals surface area (Å²) >= 11 is 0. The molecule has 2 N–H and O–H groups in total. The molecule has 2 saturated heterocycles. The van der Waals surface area contributed by atoms with E-state index in [1.54, 1.807) is 0 Å². The molecule has 0 radical (unpaired) electrons. The number of nitrogens with one attached hydrogen (secondary N) is 1. The Balaban J connectivity index is 1.23. The average molecular weight is 422 g/mol. The van der Waals surface area contributed by atoms with Crippen molar-refractivity contribution in [1.29, 1.82) is 0 Å². The molecule has 0 saturated carbocycles. The smallest absolute Gasteiger partial charge is 0.194 e. The third-order valence-electron chi connectivity index (χ3n) is 6.35. The molecule has 0 spiro atoms. The van der Waals surface area contributed by atoms with Gasteiger partial charge < -0.3 is 20.2 Å². The van der Waals surface area contributed by atoms with E-state index in [0.29, 0.717) is 0 Å². The first-order valence-electron chi connectivity index (χ1n) is 11.4. The highest BCUT2D eigenvalue weighted by Gasteiger charge is 2.20. The van der Waals surface area contributed by atoms with Gasteiger partial charge >= 0.3 is 0 Å². The second-order valence-electron chi connectivity index (χ2n) is 8.53. The van der Waals surface area contributed by atoms with E-state index >= 15 is 0 Å². The minimum absolute atomic E-state index is 0.111. The van der Waals surface area contributed by atoms with Gasteiger partial charge in [0.15, 0.2) is 5.96 Å². The van der Waals surface area contributed by atoms with Crippen molar-refractivity contribution in [2.24, 2.45) is 4.99 Å². The SMILES string of the molecule is CN=C(NCc1ccc(CN2CCC(O)CC2)cc1)N1CCN(c2ccccc2)CC1. The van der Waals surface area contributed by atoms with Crippen LogP contribution in [0.3, 0.4) is 0 Å². The quantitative estimate of drug-likeness (QED) is 0.574. The van der Waals surface area contributed by atoms with Gasteiger partial charge in [-0.3, -0.25) is 9.89 Å². The van der Waals surface area contributed by atoms with E-state index in [4.69, 9.17) is 0 Å². The topological polar surface area (TPSA) is 54.3 Å². The largest absolute Gasteiger partial charge is 0.393 e. The Morgan fingerprint density at radius 1 is 0.903 bits per heavy atom. The minimum Gasteiger partial charge on any atom is -0.393 e. The van der Waals surface area contributed by atoms with Gasteiger partial charge in [0.1, 0.15) is 0 Å². The van der Waals surface area contributed by atoms with Crippen molar-refractivity contribution in [2.75, 3.05) is 51.2 Å². The number of rotatable bonds is 5. The number of aliphatic hydroxyl groups excluding tert-OH is 1. The highest BCUT2D eigenvalue weighted by atomic mass is 16.3. The molecule has 6 heteroatoms. The van der Waals surface area contributed by atoms with Gasteiger partial charge in [-0.1, -0.05) is 42.5 Å². The Kier molecular flexibility index (Phi) is 7.43. The Bertz CT molecular complexity index is 823. The number of anilines is 1. The fourth-order valence-corrected chi connectivity index (χ4v) is 4.43. The van der Waals surface area contributed by atoms with Crippen LogP contribution in [-0.4, -0.2) is 73.3 Å². The first-order chi connectivity index (χ1) is 15.2. The number of aliphatic hydroxyl groups is 1. The molecular weight excluding hydrogens is 386 g/mol. The molecule has 6 nitrogen and oxygen atoms in total.